The number of benzene rings is 1. The molecule has 2 rings (SSSR count). The van der Waals surface area contributed by atoms with Gasteiger partial charge in [0.1, 0.15) is 0 Å². The molecule has 2 heteroatoms. The van der Waals surface area contributed by atoms with Crippen molar-refractivity contribution >= 4 is 5.91 Å². The lowest BCUT2D eigenvalue weighted by Gasteiger charge is -2.10. The van der Waals surface area contributed by atoms with Crippen LogP contribution < -0.4 is 5.32 Å². The summed E-state index contributed by atoms with van der Waals surface area (Å²) in [7, 11) is 0. The van der Waals surface area contributed by atoms with Gasteiger partial charge < -0.3 is 5.32 Å². The lowest BCUT2D eigenvalue weighted by atomic mass is 10.0. The van der Waals surface area contributed by atoms with Crippen molar-refractivity contribution < 1.29 is 4.79 Å². The third-order valence-electron chi connectivity index (χ3n) is 3.20. The molecule has 1 aliphatic rings. The molecule has 1 N–H and O–H groups in total. The van der Waals surface area contributed by atoms with Crippen molar-refractivity contribution in [3.8, 4) is 0 Å². The van der Waals surface area contributed by atoms with Crippen molar-refractivity contribution in [3.63, 3.8) is 0 Å². The number of hydrogen-bond acceptors (Lipinski definition) is 1. The van der Waals surface area contributed by atoms with Crippen molar-refractivity contribution in [3.05, 3.63) is 35.4 Å². The maximum atomic E-state index is 11.1. The standard InChI is InChI=1S/C14H19NO/c1-2-3-4-11-5-7-12(8-6-11)13-9-10-14(16)15-13/h5-8,13H,2-4,9-10H2,1H3,(H,15,16). The predicted molar refractivity (Wildman–Crippen MR) is 65.2 cm³/mol. The van der Waals surface area contributed by atoms with Crippen LogP contribution in [0, 0.1) is 0 Å². The normalized spacial score (nSPS) is 19.8. The first kappa shape index (κ1) is 11.2. The van der Waals surface area contributed by atoms with Crippen LogP contribution >= 0.6 is 0 Å². The van der Waals surface area contributed by atoms with Crippen molar-refractivity contribution in [1.82, 2.24) is 5.32 Å². The summed E-state index contributed by atoms with van der Waals surface area (Å²) in [5.74, 6) is 0.181. The van der Waals surface area contributed by atoms with Gasteiger partial charge in [-0.1, -0.05) is 37.6 Å². The molecular formula is C14H19NO. The average Bonchev–Trinajstić information content (AvgIpc) is 2.74. The van der Waals surface area contributed by atoms with Gasteiger partial charge >= 0.3 is 0 Å². The minimum Gasteiger partial charge on any atom is -0.349 e. The molecule has 0 saturated carbocycles. The lowest BCUT2D eigenvalue weighted by Crippen LogP contribution is -2.18. The molecule has 1 fully saturated rings. The highest BCUT2D eigenvalue weighted by Crippen LogP contribution is 2.24. The van der Waals surface area contributed by atoms with E-state index in [9.17, 15) is 4.79 Å². The van der Waals surface area contributed by atoms with E-state index in [2.05, 4.69) is 36.5 Å². The van der Waals surface area contributed by atoms with E-state index in [4.69, 9.17) is 0 Å². The molecule has 0 aromatic heterocycles. The molecule has 0 spiro atoms. The van der Waals surface area contributed by atoms with Crippen molar-refractivity contribution in [1.29, 1.82) is 0 Å². The van der Waals surface area contributed by atoms with Crippen molar-refractivity contribution in [2.75, 3.05) is 0 Å². The molecule has 0 aliphatic carbocycles. The number of rotatable bonds is 4. The van der Waals surface area contributed by atoms with Crippen molar-refractivity contribution in [2.45, 2.75) is 45.1 Å². The fourth-order valence-electron chi connectivity index (χ4n) is 2.16. The molecule has 1 aromatic carbocycles. The fraction of sp³-hybridized carbons (Fsp3) is 0.500. The number of aryl methyl sites for hydroxylation is 1. The first-order chi connectivity index (χ1) is 7.79. The number of hydrogen-bond donors (Lipinski definition) is 1. The first-order valence-corrected chi connectivity index (χ1v) is 6.18. The second-order valence-electron chi connectivity index (χ2n) is 4.50. The van der Waals surface area contributed by atoms with E-state index in [-0.39, 0.29) is 11.9 Å². The molecule has 16 heavy (non-hydrogen) atoms. The molecule has 1 unspecified atom stereocenters. The maximum absolute atomic E-state index is 11.1. The van der Waals surface area contributed by atoms with E-state index in [1.54, 1.807) is 0 Å². The molecule has 0 bridgehead atoms. The van der Waals surface area contributed by atoms with Crippen LogP contribution in [0.1, 0.15) is 49.8 Å². The Labute approximate surface area is 97.1 Å². The average molecular weight is 217 g/mol. The summed E-state index contributed by atoms with van der Waals surface area (Å²) in [6.07, 6.45) is 5.25. The van der Waals surface area contributed by atoms with Gasteiger partial charge in [-0.15, -0.1) is 0 Å². The maximum Gasteiger partial charge on any atom is 0.220 e. The topological polar surface area (TPSA) is 29.1 Å². The van der Waals surface area contributed by atoms with Crippen LogP contribution in [0.2, 0.25) is 0 Å². The molecule has 1 aliphatic heterocycles. The smallest absolute Gasteiger partial charge is 0.220 e. The Balaban J connectivity index is 1.99. The molecule has 1 aromatic rings. The summed E-state index contributed by atoms with van der Waals surface area (Å²) in [5.41, 5.74) is 2.64. The molecule has 86 valence electrons. The van der Waals surface area contributed by atoms with Crippen LogP contribution in [-0.4, -0.2) is 5.91 Å². The van der Waals surface area contributed by atoms with Gasteiger partial charge in [-0.3, -0.25) is 4.79 Å². The lowest BCUT2D eigenvalue weighted by molar-refractivity contribution is -0.119. The van der Waals surface area contributed by atoms with Gasteiger partial charge in [-0.25, -0.2) is 0 Å². The molecule has 1 atom stereocenters. The van der Waals surface area contributed by atoms with E-state index in [1.165, 1.54) is 24.0 Å². The Morgan fingerprint density at radius 2 is 2.06 bits per heavy atom. The Kier molecular flexibility index (Phi) is 3.60. The molecular weight excluding hydrogens is 198 g/mol. The van der Waals surface area contributed by atoms with Crippen molar-refractivity contribution in [2.24, 2.45) is 0 Å². The van der Waals surface area contributed by atoms with Gasteiger partial charge in [0.2, 0.25) is 5.91 Å². The minimum absolute atomic E-state index is 0.181. The Morgan fingerprint density at radius 1 is 1.31 bits per heavy atom. The highest BCUT2D eigenvalue weighted by atomic mass is 16.1. The Bertz CT molecular complexity index is 356. The fourth-order valence-corrected chi connectivity index (χ4v) is 2.16. The van der Waals surface area contributed by atoms with Crippen LogP contribution in [-0.2, 0) is 11.2 Å². The van der Waals surface area contributed by atoms with E-state index < -0.39 is 0 Å². The zero-order chi connectivity index (χ0) is 11.4. The molecule has 0 radical (unpaired) electrons. The second-order valence-corrected chi connectivity index (χ2v) is 4.50. The Hall–Kier alpha value is -1.31. The summed E-state index contributed by atoms with van der Waals surface area (Å²) in [5, 5.41) is 2.99. The number of carbonyl (C=O) groups is 1. The summed E-state index contributed by atoms with van der Waals surface area (Å²) in [6.45, 7) is 2.21. The van der Waals surface area contributed by atoms with E-state index in [0.717, 1.165) is 12.8 Å². The number of nitrogens with one attached hydrogen (secondary N) is 1. The van der Waals surface area contributed by atoms with E-state index in [0.29, 0.717) is 6.42 Å². The highest BCUT2D eigenvalue weighted by Gasteiger charge is 2.21. The quantitative estimate of drug-likeness (QED) is 0.825. The van der Waals surface area contributed by atoms with Crippen LogP contribution in [0.4, 0.5) is 0 Å². The highest BCUT2D eigenvalue weighted by molar-refractivity contribution is 5.78. The van der Waals surface area contributed by atoms with Crippen LogP contribution in [0.15, 0.2) is 24.3 Å². The zero-order valence-corrected chi connectivity index (χ0v) is 9.83. The van der Waals surface area contributed by atoms with E-state index in [1.807, 2.05) is 0 Å². The van der Waals surface area contributed by atoms with Crippen LogP contribution in [0.25, 0.3) is 0 Å². The molecule has 1 saturated heterocycles. The summed E-state index contributed by atoms with van der Waals surface area (Å²) < 4.78 is 0. The van der Waals surface area contributed by atoms with Gasteiger partial charge in [0.25, 0.3) is 0 Å². The molecule has 1 amide bonds. The predicted octanol–water partition coefficient (Wildman–Crippen LogP) is 2.98. The summed E-state index contributed by atoms with van der Waals surface area (Å²) in [6, 6.07) is 8.93. The summed E-state index contributed by atoms with van der Waals surface area (Å²) in [4.78, 5) is 11.1. The molecule has 1 heterocycles. The monoisotopic (exact) mass is 217 g/mol. The van der Waals surface area contributed by atoms with Gasteiger partial charge in [0.05, 0.1) is 6.04 Å². The second kappa shape index (κ2) is 5.15. The van der Waals surface area contributed by atoms with Crippen LogP contribution in [0.5, 0.6) is 0 Å². The minimum atomic E-state index is 0.181. The van der Waals surface area contributed by atoms with Gasteiger partial charge in [0.15, 0.2) is 0 Å². The van der Waals surface area contributed by atoms with Gasteiger partial charge in [-0.05, 0) is 30.4 Å². The van der Waals surface area contributed by atoms with Gasteiger partial charge in [-0.2, -0.15) is 0 Å². The SMILES string of the molecule is CCCCc1ccc(C2CCC(=O)N2)cc1. The third kappa shape index (κ3) is 2.63. The zero-order valence-electron chi connectivity index (χ0n) is 9.83. The summed E-state index contributed by atoms with van der Waals surface area (Å²) >= 11 is 0. The number of unbranched alkanes of at least 4 members (excludes halogenated alkanes) is 1. The first-order valence-electron chi connectivity index (χ1n) is 6.18. The van der Waals surface area contributed by atoms with E-state index >= 15 is 0 Å². The number of carbonyl (C=O) groups excluding carboxylic acids is 1. The van der Waals surface area contributed by atoms with Crippen LogP contribution in [0.3, 0.4) is 0 Å². The van der Waals surface area contributed by atoms with Gasteiger partial charge in [0, 0.05) is 6.42 Å². The Morgan fingerprint density at radius 3 is 2.62 bits per heavy atom. The third-order valence-corrected chi connectivity index (χ3v) is 3.20. The molecule has 2 nitrogen and oxygen atoms in total. The largest absolute Gasteiger partial charge is 0.349 e. The number of amides is 1.